The van der Waals surface area contributed by atoms with Gasteiger partial charge in [0.25, 0.3) is 0 Å². The van der Waals surface area contributed by atoms with E-state index in [1.54, 1.807) is 37.1 Å². The number of hydrogen-bond acceptors (Lipinski definition) is 5. The topological polar surface area (TPSA) is 96.4 Å². The number of carbonyl (C=O) groups excluding carboxylic acids is 2. The van der Waals surface area contributed by atoms with Crippen LogP contribution in [0.15, 0.2) is 18.2 Å². The Kier molecular flexibility index (Phi) is 6.07. The molecule has 1 saturated heterocycles. The molecule has 0 unspecified atom stereocenters. The van der Waals surface area contributed by atoms with Crippen molar-refractivity contribution in [1.82, 2.24) is 4.90 Å². The Bertz CT molecular complexity index is 705. The van der Waals surface area contributed by atoms with Crippen molar-refractivity contribution >= 4 is 23.5 Å². The minimum atomic E-state index is -0.959. The molecule has 1 aliphatic rings. The van der Waals surface area contributed by atoms with Gasteiger partial charge in [0.15, 0.2) is 11.5 Å². The van der Waals surface area contributed by atoms with E-state index in [-0.39, 0.29) is 31.3 Å². The highest BCUT2D eigenvalue weighted by Crippen LogP contribution is 2.34. The number of hydrogen-bond donors (Lipinski definition) is 1. The van der Waals surface area contributed by atoms with Crippen LogP contribution in [0.5, 0.6) is 11.5 Å². The maximum absolute atomic E-state index is 12.6. The van der Waals surface area contributed by atoms with Gasteiger partial charge in [-0.25, -0.2) is 0 Å². The van der Waals surface area contributed by atoms with E-state index < -0.39 is 17.8 Å². The number of benzene rings is 1. The molecule has 1 fully saturated rings. The highest BCUT2D eigenvalue weighted by molar-refractivity contribution is 6.00. The van der Waals surface area contributed by atoms with Gasteiger partial charge < -0.3 is 24.4 Å². The molecule has 8 nitrogen and oxygen atoms in total. The van der Waals surface area contributed by atoms with Crippen molar-refractivity contribution in [1.29, 1.82) is 0 Å². The fourth-order valence-corrected chi connectivity index (χ4v) is 3.01. The van der Waals surface area contributed by atoms with Crippen molar-refractivity contribution < 1.29 is 29.0 Å². The van der Waals surface area contributed by atoms with Crippen LogP contribution in [0.4, 0.5) is 5.69 Å². The Labute approximate surface area is 152 Å². The predicted molar refractivity (Wildman–Crippen MR) is 94.4 cm³/mol. The summed E-state index contributed by atoms with van der Waals surface area (Å²) >= 11 is 0. The Balaban J connectivity index is 2.10. The summed E-state index contributed by atoms with van der Waals surface area (Å²) in [5, 5.41) is 8.98. The molecule has 2 rings (SSSR count). The van der Waals surface area contributed by atoms with Gasteiger partial charge in [0.1, 0.15) is 0 Å². The maximum atomic E-state index is 12.6. The van der Waals surface area contributed by atoms with Gasteiger partial charge in [0.2, 0.25) is 11.8 Å². The van der Waals surface area contributed by atoms with Crippen LogP contribution >= 0.6 is 0 Å². The number of methoxy groups -OCH3 is 2. The molecule has 142 valence electrons. The average molecular weight is 364 g/mol. The summed E-state index contributed by atoms with van der Waals surface area (Å²) in [6, 6.07) is 5.14. The van der Waals surface area contributed by atoms with Crippen LogP contribution in [0.25, 0.3) is 0 Å². The van der Waals surface area contributed by atoms with Crippen LogP contribution in [0.1, 0.15) is 13.3 Å². The lowest BCUT2D eigenvalue weighted by Gasteiger charge is -2.23. The van der Waals surface area contributed by atoms with Crippen LogP contribution in [0.3, 0.4) is 0 Å². The summed E-state index contributed by atoms with van der Waals surface area (Å²) in [6.45, 7) is 1.90. The second-order valence-electron chi connectivity index (χ2n) is 6.40. The van der Waals surface area contributed by atoms with Crippen LogP contribution < -0.4 is 14.4 Å². The first-order valence-corrected chi connectivity index (χ1v) is 8.28. The van der Waals surface area contributed by atoms with E-state index in [1.807, 2.05) is 0 Å². The van der Waals surface area contributed by atoms with Crippen LogP contribution in [-0.2, 0) is 14.4 Å². The molecule has 1 aromatic rings. The number of nitrogens with zero attached hydrogens (tertiary/aromatic N) is 2. The summed E-state index contributed by atoms with van der Waals surface area (Å²) in [7, 11) is 4.60. The van der Waals surface area contributed by atoms with Crippen molar-refractivity contribution in [3.05, 3.63) is 18.2 Å². The number of rotatable bonds is 7. The molecule has 8 heteroatoms. The van der Waals surface area contributed by atoms with E-state index >= 15 is 0 Å². The van der Waals surface area contributed by atoms with Gasteiger partial charge in [0, 0.05) is 38.3 Å². The van der Waals surface area contributed by atoms with E-state index in [4.69, 9.17) is 14.6 Å². The lowest BCUT2D eigenvalue weighted by atomic mass is 10.1. The second-order valence-corrected chi connectivity index (χ2v) is 6.40. The largest absolute Gasteiger partial charge is 0.493 e. The molecule has 0 saturated carbocycles. The SMILES string of the molecule is COc1ccc(N2C[C@@H](C(=O)N(C)C[C@@H](C)C(=O)O)CC2=O)cc1OC. The third-order valence-electron chi connectivity index (χ3n) is 4.50. The first kappa shape index (κ1) is 19.6. The fourth-order valence-electron chi connectivity index (χ4n) is 3.01. The van der Waals surface area contributed by atoms with E-state index in [0.29, 0.717) is 17.2 Å². The molecule has 0 aliphatic carbocycles. The molecule has 1 aliphatic heterocycles. The first-order valence-electron chi connectivity index (χ1n) is 8.28. The first-order chi connectivity index (χ1) is 12.3. The van der Waals surface area contributed by atoms with Crippen molar-refractivity contribution in [2.24, 2.45) is 11.8 Å². The number of amides is 2. The highest BCUT2D eigenvalue weighted by Gasteiger charge is 2.37. The third kappa shape index (κ3) is 4.07. The lowest BCUT2D eigenvalue weighted by Crippen LogP contribution is -2.38. The molecule has 2 atom stereocenters. The van der Waals surface area contributed by atoms with Gasteiger partial charge in [-0.05, 0) is 12.1 Å². The van der Waals surface area contributed by atoms with Crippen molar-refractivity contribution in [3.8, 4) is 11.5 Å². The third-order valence-corrected chi connectivity index (χ3v) is 4.50. The van der Waals surface area contributed by atoms with E-state index in [9.17, 15) is 14.4 Å². The van der Waals surface area contributed by atoms with Crippen molar-refractivity contribution in [2.45, 2.75) is 13.3 Å². The fraction of sp³-hybridized carbons (Fsp3) is 0.500. The Morgan fingerprint density at radius 1 is 1.31 bits per heavy atom. The number of carbonyl (C=O) groups is 3. The minimum Gasteiger partial charge on any atom is -0.493 e. The molecule has 1 heterocycles. The molecule has 0 radical (unpaired) electrons. The molecule has 2 amide bonds. The zero-order valence-corrected chi connectivity index (χ0v) is 15.4. The smallest absolute Gasteiger partial charge is 0.308 e. The molecule has 0 bridgehead atoms. The summed E-state index contributed by atoms with van der Waals surface area (Å²) < 4.78 is 10.4. The number of anilines is 1. The molecular formula is C18H24N2O6. The lowest BCUT2D eigenvalue weighted by molar-refractivity contribution is -0.143. The molecule has 1 N–H and O–H groups in total. The van der Waals surface area contributed by atoms with Crippen molar-refractivity contribution in [2.75, 3.05) is 39.3 Å². The van der Waals surface area contributed by atoms with E-state index in [1.165, 1.54) is 19.1 Å². The number of carboxylic acid groups (broad SMARTS) is 1. The van der Waals surface area contributed by atoms with Gasteiger partial charge in [-0.1, -0.05) is 6.92 Å². The Morgan fingerprint density at radius 3 is 2.54 bits per heavy atom. The van der Waals surface area contributed by atoms with Gasteiger partial charge in [-0.15, -0.1) is 0 Å². The summed E-state index contributed by atoms with van der Waals surface area (Å²) in [4.78, 5) is 38.8. The Hall–Kier alpha value is -2.77. The molecule has 26 heavy (non-hydrogen) atoms. The summed E-state index contributed by atoms with van der Waals surface area (Å²) in [5.41, 5.74) is 0.629. The molecule has 0 spiro atoms. The number of aliphatic carboxylic acids is 1. The number of ether oxygens (including phenoxy) is 2. The predicted octanol–water partition coefficient (Wildman–Crippen LogP) is 1.24. The molecule has 1 aromatic carbocycles. The highest BCUT2D eigenvalue weighted by atomic mass is 16.5. The Morgan fingerprint density at radius 2 is 1.96 bits per heavy atom. The van der Waals surface area contributed by atoms with Crippen LogP contribution in [0, 0.1) is 11.8 Å². The van der Waals surface area contributed by atoms with Gasteiger partial charge in [-0.2, -0.15) is 0 Å². The monoisotopic (exact) mass is 364 g/mol. The number of carboxylic acids is 1. The van der Waals surface area contributed by atoms with Crippen molar-refractivity contribution in [3.63, 3.8) is 0 Å². The van der Waals surface area contributed by atoms with Gasteiger partial charge >= 0.3 is 5.97 Å². The summed E-state index contributed by atoms with van der Waals surface area (Å²) in [5.74, 6) is -1.45. The second kappa shape index (κ2) is 8.07. The summed E-state index contributed by atoms with van der Waals surface area (Å²) in [6.07, 6.45) is 0.0962. The normalized spacial score (nSPS) is 17.8. The van der Waals surface area contributed by atoms with Crippen LogP contribution in [0.2, 0.25) is 0 Å². The van der Waals surface area contributed by atoms with E-state index in [2.05, 4.69) is 0 Å². The molecular weight excluding hydrogens is 340 g/mol. The molecule has 0 aromatic heterocycles. The average Bonchev–Trinajstić information content (AvgIpc) is 3.01. The quantitative estimate of drug-likeness (QED) is 0.782. The van der Waals surface area contributed by atoms with Crippen LogP contribution in [-0.4, -0.2) is 62.1 Å². The minimum absolute atomic E-state index is 0.0962. The zero-order chi connectivity index (χ0) is 19.4. The standard InChI is InChI=1S/C18H24N2O6/c1-11(18(23)24)9-19(2)17(22)12-7-16(21)20(10-12)13-5-6-14(25-3)15(8-13)26-4/h5-6,8,11-12H,7,9-10H2,1-4H3,(H,23,24)/t11-,12+/m1/s1. The maximum Gasteiger partial charge on any atom is 0.308 e. The van der Waals surface area contributed by atoms with Gasteiger partial charge in [0.05, 0.1) is 26.1 Å². The zero-order valence-electron chi connectivity index (χ0n) is 15.4. The van der Waals surface area contributed by atoms with E-state index in [0.717, 1.165) is 0 Å². The van der Waals surface area contributed by atoms with Gasteiger partial charge in [-0.3, -0.25) is 14.4 Å².